The van der Waals surface area contributed by atoms with Gasteiger partial charge in [0.1, 0.15) is 12.4 Å². The van der Waals surface area contributed by atoms with E-state index in [0.29, 0.717) is 18.1 Å². The van der Waals surface area contributed by atoms with Crippen molar-refractivity contribution in [2.75, 3.05) is 33.1 Å². The van der Waals surface area contributed by atoms with Gasteiger partial charge in [-0.1, -0.05) is 45.4 Å². The van der Waals surface area contributed by atoms with E-state index in [2.05, 4.69) is 37.6 Å². The van der Waals surface area contributed by atoms with Crippen LogP contribution >= 0.6 is 0 Å². The van der Waals surface area contributed by atoms with Crippen molar-refractivity contribution in [2.45, 2.75) is 39.0 Å². The van der Waals surface area contributed by atoms with Crippen LogP contribution < -0.4 is 18.9 Å². The molecule has 1 N–H and O–H groups in total. The second-order valence-electron chi connectivity index (χ2n) is 8.14. The van der Waals surface area contributed by atoms with Gasteiger partial charge in [0.05, 0.1) is 26.5 Å². The fourth-order valence-corrected chi connectivity index (χ4v) is 3.49. The van der Waals surface area contributed by atoms with Gasteiger partial charge in [-0.15, -0.1) is 0 Å². The third kappa shape index (κ3) is 7.53. The Morgan fingerprint density at radius 3 is 2.25 bits per heavy atom. The molecule has 2 rings (SSSR count). The average Bonchev–Trinajstić information content (AvgIpc) is 2.76. The number of ether oxygens (including phenoxy) is 3. The molecule has 2 aromatic rings. The lowest BCUT2D eigenvalue weighted by Crippen LogP contribution is -2.31. The van der Waals surface area contributed by atoms with E-state index in [1.165, 1.54) is 7.11 Å². The molecule has 0 amide bonds. The van der Waals surface area contributed by atoms with E-state index in [4.69, 9.17) is 14.2 Å². The number of hydrogen-bond donors (Lipinski definition) is 1. The third-order valence-electron chi connectivity index (χ3n) is 5.15. The van der Waals surface area contributed by atoms with Gasteiger partial charge in [-0.25, -0.2) is 13.1 Å². The summed E-state index contributed by atoms with van der Waals surface area (Å²) in [6.07, 6.45) is 3.12. The van der Waals surface area contributed by atoms with Crippen LogP contribution in [-0.4, -0.2) is 47.3 Å². The summed E-state index contributed by atoms with van der Waals surface area (Å²) in [4.78, 5) is 11.9. The molecule has 0 heterocycles. The number of Topliss-reactive ketones (excluding diaryl/α,β-unsaturated/α-hetero) is 1. The van der Waals surface area contributed by atoms with Crippen LogP contribution in [0.25, 0.3) is 0 Å². The molecule has 2 aromatic carbocycles. The Morgan fingerprint density at radius 2 is 1.66 bits per heavy atom. The van der Waals surface area contributed by atoms with Gasteiger partial charge in [0.25, 0.3) is 0 Å². The second kappa shape index (κ2) is 11.3. The zero-order valence-electron chi connectivity index (χ0n) is 19.4. The van der Waals surface area contributed by atoms with E-state index in [9.17, 15) is 13.2 Å². The molecule has 0 saturated carbocycles. The van der Waals surface area contributed by atoms with Crippen LogP contribution in [0.1, 0.15) is 44.7 Å². The van der Waals surface area contributed by atoms with E-state index in [1.54, 1.807) is 6.07 Å². The highest BCUT2D eigenvalue weighted by Crippen LogP contribution is 2.37. The number of methoxy groups -OCH3 is 1. The molecule has 176 valence electrons. The number of carbonyl (C=O) groups excluding carboxylic acids is 1. The fourth-order valence-electron chi connectivity index (χ4n) is 3.07. The van der Waals surface area contributed by atoms with Gasteiger partial charge in [-0.2, -0.15) is 0 Å². The van der Waals surface area contributed by atoms with Crippen molar-refractivity contribution in [3.8, 4) is 17.2 Å². The van der Waals surface area contributed by atoms with Crippen LogP contribution in [0.4, 0.5) is 0 Å². The third-order valence-corrected chi connectivity index (χ3v) is 5.82. The summed E-state index contributed by atoms with van der Waals surface area (Å²) < 4.78 is 41.2. The van der Waals surface area contributed by atoms with Gasteiger partial charge in [0, 0.05) is 5.41 Å². The van der Waals surface area contributed by atoms with Crippen molar-refractivity contribution in [1.82, 2.24) is 4.72 Å². The first-order chi connectivity index (χ1) is 15.1. The largest absolute Gasteiger partial charge is 0.494 e. The Morgan fingerprint density at radius 1 is 1.00 bits per heavy atom. The maximum atomic E-state index is 11.9. The van der Waals surface area contributed by atoms with Gasteiger partial charge in [-0.3, -0.25) is 4.79 Å². The van der Waals surface area contributed by atoms with E-state index in [0.717, 1.165) is 36.0 Å². The lowest BCUT2D eigenvalue weighted by Gasteiger charge is -2.27. The molecule has 0 radical (unpaired) electrons. The average molecular weight is 464 g/mol. The fraction of sp³-hybridized carbons (Fsp3) is 0.458. The molecule has 8 heteroatoms. The number of hydrogen-bond acceptors (Lipinski definition) is 6. The summed E-state index contributed by atoms with van der Waals surface area (Å²) in [6.45, 7) is 6.51. The molecular formula is C24H33NO6S. The first-order valence-corrected chi connectivity index (χ1v) is 12.5. The van der Waals surface area contributed by atoms with Crippen LogP contribution in [0.5, 0.6) is 17.2 Å². The number of benzene rings is 2. The second-order valence-corrected chi connectivity index (χ2v) is 9.97. The molecule has 0 fully saturated rings. The number of nitrogens with one attached hydrogen (secondary N) is 1. The van der Waals surface area contributed by atoms with Crippen molar-refractivity contribution in [2.24, 2.45) is 0 Å². The Labute approximate surface area is 191 Å². The minimum atomic E-state index is -3.43. The molecule has 0 saturated heterocycles. The standard InChI is InChI=1S/C24H33NO6S/c1-6-7-14-30-21-11-8-18(9-12-21)24(2,3)19-10-13-22(23(15-19)29-4)31-17-20(26)16-25-32(5,27)28/h8-13,15,25H,6-7,14,16-17H2,1-5H3. The van der Waals surface area contributed by atoms with Crippen molar-refractivity contribution in [1.29, 1.82) is 0 Å². The van der Waals surface area contributed by atoms with Crippen LogP contribution in [0.15, 0.2) is 42.5 Å². The molecule has 0 atom stereocenters. The van der Waals surface area contributed by atoms with Crippen molar-refractivity contribution < 1.29 is 27.4 Å². The van der Waals surface area contributed by atoms with E-state index in [-0.39, 0.29) is 24.3 Å². The highest BCUT2D eigenvalue weighted by molar-refractivity contribution is 7.88. The van der Waals surface area contributed by atoms with Gasteiger partial charge in [0.15, 0.2) is 17.3 Å². The van der Waals surface area contributed by atoms with Gasteiger partial charge >= 0.3 is 0 Å². The quantitative estimate of drug-likeness (QED) is 0.456. The molecule has 0 unspecified atom stereocenters. The molecule has 0 aromatic heterocycles. The molecule has 0 aliphatic rings. The highest BCUT2D eigenvalue weighted by atomic mass is 32.2. The maximum Gasteiger partial charge on any atom is 0.209 e. The summed E-state index contributed by atoms with van der Waals surface area (Å²) in [6, 6.07) is 13.7. The summed E-state index contributed by atoms with van der Waals surface area (Å²) in [5.41, 5.74) is 1.84. The Hall–Kier alpha value is -2.58. The molecule has 7 nitrogen and oxygen atoms in total. The minimum Gasteiger partial charge on any atom is -0.494 e. The normalized spacial score (nSPS) is 11.8. The molecule has 0 bridgehead atoms. The van der Waals surface area contributed by atoms with Crippen LogP contribution in [-0.2, 0) is 20.2 Å². The summed E-state index contributed by atoms with van der Waals surface area (Å²) in [7, 11) is -1.90. The molecule has 0 aliphatic heterocycles. The number of carbonyl (C=O) groups is 1. The lowest BCUT2D eigenvalue weighted by molar-refractivity contribution is -0.119. The number of sulfonamides is 1. The van der Waals surface area contributed by atoms with Crippen LogP contribution in [0.2, 0.25) is 0 Å². The summed E-state index contributed by atoms with van der Waals surface area (Å²) in [5.74, 6) is 1.39. The summed E-state index contributed by atoms with van der Waals surface area (Å²) in [5, 5.41) is 0. The zero-order valence-corrected chi connectivity index (χ0v) is 20.3. The monoisotopic (exact) mass is 463 g/mol. The SMILES string of the molecule is CCCCOc1ccc(C(C)(C)c2ccc(OCC(=O)CNS(C)(=O)=O)c(OC)c2)cc1. The number of rotatable bonds is 13. The first kappa shape index (κ1) is 25.7. The molecular weight excluding hydrogens is 430 g/mol. The molecule has 0 aliphatic carbocycles. The van der Waals surface area contributed by atoms with Crippen molar-refractivity contribution >= 4 is 15.8 Å². The Kier molecular flexibility index (Phi) is 9.09. The van der Waals surface area contributed by atoms with E-state index in [1.807, 2.05) is 24.3 Å². The predicted molar refractivity (Wildman–Crippen MR) is 125 cm³/mol. The summed E-state index contributed by atoms with van der Waals surface area (Å²) >= 11 is 0. The molecule has 32 heavy (non-hydrogen) atoms. The lowest BCUT2D eigenvalue weighted by atomic mass is 9.78. The van der Waals surface area contributed by atoms with Crippen LogP contribution in [0.3, 0.4) is 0 Å². The van der Waals surface area contributed by atoms with E-state index >= 15 is 0 Å². The molecule has 0 spiro atoms. The zero-order chi connectivity index (χ0) is 23.8. The van der Waals surface area contributed by atoms with Crippen molar-refractivity contribution in [3.05, 3.63) is 53.6 Å². The topological polar surface area (TPSA) is 90.9 Å². The first-order valence-electron chi connectivity index (χ1n) is 10.6. The highest BCUT2D eigenvalue weighted by Gasteiger charge is 2.25. The van der Waals surface area contributed by atoms with Gasteiger partial charge in [0.2, 0.25) is 10.0 Å². The van der Waals surface area contributed by atoms with Crippen molar-refractivity contribution in [3.63, 3.8) is 0 Å². The number of ketones is 1. The Balaban J connectivity index is 2.10. The smallest absolute Gasteiger partial charge is 0.209 e. The van der Waals surface area contributed by atoms with Gasteiger partial charge in [-0.05, 0) is 41.8 Å². The van der Waals surface area contributed by atoms with Crippen LogP contribution in [0, 0.1) is 0 Å². The van der Waals surface area contributed by atoms with E-state index < -0.39 is 10.0 Å². The number of unbranched alkanes of at least 4 members (excludes halogenated alkanes) is 1. The Bertz CT molecular complexity index is 1000. The minimum absolute atomic E-state index is 0.263. The predicted octanol–water partition coefficient (Wildman–Crippen LogP) is 3.70. The van der Waals surface area contributed by atoms with Gasteiger partial charge < -0.3 is 14.2 Å². The maximum absolute atomic E-state index is 11.9.